The number of nitrogens with two attached hydrogens (primary N) is 1. The Morgan fingerprint density at radius 1 is 1.12 bits per heavy atom. The van der Waals surface area contributed by atoms with E-state index in [1.54, 1.807) is 18.2 Å². The fourth-order valence-electron chi connectivity index (χ4n) is 2.32. The highest BCUT2D eigenvalue weighted by molar-refractivity contribution is 6.05. The zero-order valence-corrected chi connectivity index (χ0v) is 12.8. The van der Waals surface area contributed by atoms with E-state index in [-0.39, 0.29) is 22.4 Å². The van der Waals surface area contributed by atoms with Gasteiger partial charge in [-0.1, -0.05) is 42.5 Å². The van der Waals surface area contributed by atoms with Gasteiger partial charge >= 0.3 is 0 Å². The fraction of sp³-hybridized carbons (Fsp3) is 0.0556. The monoisotopic (exact) mass is 326 g/mol. The van der Waals surface area contributed by atoms with Crippen LogP contribution in [0.1, 0.15) is 20.3 Å². The molecule has 6 nitrogen and oxygen atoms in total. The summed E-state index contributed by atoms with van der Waals surface area (Å²) in [7, 11) is 0. The summed E-state index contributed by atoms with van der Waals surface area (Å²) >= 11 is 0. The van der Waals surface area contributed by atoms with Gasteiger partial charge in [0, 0.05) is 15.5 Å². The number of carbonyl (C=O) groups is 1. The molecule has 0 aliphatic rings. The maximum Gasteiger partial charge on any atom is 0.278 e. The molecule has 3 rings (SSSR count). The lowest BCUT2D eigenvalue weighted by Crippen LogP contribution is -2.17. The van der Waals surface area contributed by atoms with E-state index in [9.17, 15) is 9.90 Å². The third kappa shape index (κ3) is 3.23. The summed E-state index contributed by atoms with van der Waals surface area (Å²) in [5.41, 5.74) is 8.39. The van der Waals surface area contributed by atoms with Crippen LogP contribution in [-0.2, 0) is 6.61 Å². The van der Waals surface area contributed by atoms with Crippen molar-refractivity contribution in [2.24, 2.45) is 0 Å². The number of aromatic nitrogens is 2. The Balaban J connectivity index is 0.00000225. The third-order valence-electron chi connectivity index (χ3n) is 3.51. The highest BCUT2D eigenvalue weighted by Crippen LogP contribution is 2.23. The summed E-state index contributed by atoms with van der Waals surface area (Å²) in [4.78, 5) is 20.8. The number of nitrogen functional groups attached to an aromatic ring is 1. The van der Waals surface area contributed by atoms with E-state index >= 15 is 0 Å². The number of aliphatic hydroxyl groups is 1. The van der Waals surface area contributed by atoms with Crippen molar-refractivity contribution in [2.45, 2.75) is 6.61 Å². The van der Waals surface area contributed by atoms with Gasteiger partial charge in [-0.2, -0.15) is 0 Å². The molecule has 0 unspecified atom stereocenters. The Morgan fingerprint density at radius 2 is 1.83 bits per heavy atom. The van der Waals surface area contributed by atoms with Crippen molar-refractivity contribution in [2.75, 3.05) is 11.1 Å². The Morgan fingerprint density at radius 3 is 2.58 bits per heavy atom. The molecule has 24 heavy (non-hydrogen) atoms. The molecule has 0 spiro atoms. The molecule has 0 aliphatic carbocycles. The van der Waals surface area contributed by atoms with Gasteiger partial charge in [-0.3, -0.25) is 4.79 Å². The van der Waals surface area contributed by atoms with E-state index in [0.29, 0.717) is 22.5 Å². The summed E-state index contributed by atoms with van der Waals surface area (Å²) in [6.07, 6.45) is 1.49. The Bertz CT molecular complexity index is 879. The molecular weight excluding hydrogens is 304 g/mol. The van der Waals surface area contributed by atoms with Crippen molar-refractivity contribution < 1.29 is 14.2 Å². The molecule has 0 saturated heterocycles. The molecule has 1 amide bonds. The van der Waals surface area contributed by atoms with Gasteiger partial charge in [-0.25, -0.2) is 9.97 Å². The molecule has 0 atom stereocenters. The lowest BCUT2D eigenvalue weighted by Gasteiger charge is -2.10. The van der Waals surface area contributed by atoms with Crippen molar-refractivity contribution in [3.05, 3.63) is 72.1 Å². The quantitative estimate of drug-likeness (QED) is 0.683. The first-order valence-electron chi connectivity index (χ1n) is 7.37. The van der Waals surface area contributed by atoms with Crippen molar-refractivity contribution in [1.29, 1.82) is 0 Å². The van der Waals surface area contributed by atoms with E-state index < -0.39 is 5.91 Å². The molecule has 0 bridgehead atoms. The number of benzene rings is 2. The van der Waals surface area contributed by atoms with Crippen LogP contribution in [0.5, 0.6) is 0 Å². The highest BCUT2D eigenvalue weighted by Gasteiger charge is 2.16. The summed E-state index contributed by atoms with van der Waals surface area (Å²) < 4.78 is 0. The first-order valence-corrected chi connectivity index (χ1v) is 7.37. The summed E-state index contributed by atoms with van der Waals surface area (Å²) in [5, 5.41) is 12.2. The summed E-state index contributed by atoms with van der Waals surface area (Å²) in [6.45, 7) is -0.131. The van der Waals surface area contributed by atoms with Crippen molar-refractivity contribution in [1.82, 2.24) is 9.97 Å². The third-order valence-corrected chi connectivity index (χ3v) is 3.51. The number of nitrogens with one attached hydrogen (secondary N) is 1. The zero-order valence-electron chi connectivity index (χ0n) is 12.8. The van der Waals surface area contributed by atoms with Crippen LogP contribution in [0.2, 0.25) is 0 Å². The van der Waals surface area contributed by atoms with Gasteiger partial charge < -0.3 is 16.2 Å². The minimum atomic E-state index is -0.436. The largest absolute Gasteiger partial charge is 0.392 e. The minimum Gasteiger partial charge on any atom is -0.392 e. The molecule has 3 aromatic rings. The molecule has 1 aromatic heterocycles. The lowest BCUT2D eigenvalue weighted by molar-refractivity contribution is 0.102. The molecule has 6 heteroatoms. The van der Waals surface area contributed by atoms with E-state index in [1.165, 1.54) is 6.20 Å². The Hall–Kier alpha value is -3.25. The maximum absolute atomic E-state index is 12.4. The van der Waals surface area contributed by atoms with Crippen LogP contribution in [0.15, 0.2) is 60.8 Å². The average Bonchev–Trinajstić information content (AvgIpc) is 2.63. The number of rotatable bonds is 4. The normalized spacial score (nSPS) is 10.4. The van der Waals surface area contributed by atoms with Crippen molar-refractivity contribution >= 4 is 17.4 Å². The van der Waals surface area contributed by atoms with Crippen LogP contribution in [0.4, 0.5) is 11.5 Å². The molecular formula is C18H22N4O2. The Kier molecular flexibility index (Phi) is 4.49. The molecule has 0 fully saturated rings. The number of para-hydroxylation sites is 1. The van der Waals surface area contributed by atoms with Crippen LogP contribution in [0, 0.1) is 0 Å². The smallest absolute Gasteiger partial charge is 0.278 e. The van der Waals surface area contributed by atoms with Crippen LogP contribution in [0.3, 0.4) is 0 Å². The number of hydrogen-bond donors (Lipinski definition) is 3. The van der Waals surface area contributed by atoms with Gasteiger partial charge in [0.25, 0.3) is 5.91 Å². The molecule has 0 saturated carbocycles. The van der Waals surface area contributed by atoms with Crippen LogP contribution in [-0.4, -0.2) is 21.0 Å². The number of carbonyl (C=O) groups excluding carboxylic acids is 1. The van der Waals surface area contributed by atoms with Gasteiger partial charge in [0.2, 0.25) is 0 Å². The number of amides is 1. The fourth-order valence-corrected chi connectivity index (χ4v) is 2.32. The van der Waals surface area contributed by atoms with Crippen LogP contribution < -0.4 is 11.1 Å². The Labute approximate surface area is 143 Å². The number of aliphatic hydroxyl groups excluding tert-OH is 1. The molecule has 126 valence electrons. The average molecular weight is 326 g/mol. The van der Waals surface area contributed by atoms with Gasteiger partial charge in [0.15, 0.2) is 11.5 Å². The van der Waals surface area contributed by atoms with E-state index in [1.807, 2.05) is 36.4 Å². The van der Waals surface area contributed by atoms with Crippen molar-refractivity contribution in [3.8, 4) is 11.3 Å². The highest BCUT2D eigenvalue weighted by atomic mass is 16.3. The molecule has 1 heterocycles. The summed E-state index contributed by atoms with van der Waals surface area (Å²) in [5.74, 6) is -0.386. The minimum absolute atomic E-state index is 0. The lowest BCUT2D eigenvalue weighted by atomic mass is 10.1. The van der Waals surface area contributed by atoms with Gasteiger partial charge in [0.05, 0.1) is 18.5 Å². The van der Waals surface area contributed by atoms with Gasteiger partial charge in [-0.05, 0) is 17.7 Å². The second-order valence-electron chi connectivity index (χ2n) is 5.12. The topological polar surface area (TPSA) is 101 Å². The molecule has 0 aliphatic heterocycles. The van der Waals surface area contributed by atoms with Gasteiger partial charge in [0.1, 0.15) is 0 Å². The molecule has 2 aromatic carbocycles. The number of hydrogen-bond acceptors (Lipinski definition) is 5. The maximum atomic E-state index is 12.4. The first kappa shape index (κ1) is 15.6. The van der Waals surface area contributed by atoms with E-state index in [4.69, 9.17) is 5.73 Å². The second kappa shape index (κ2) is 6.89. The predicted molar refractivity (Wildman–Crippen MR) is 98.5 cm³/mol. The van der Waals surface area contributed by atoms with Gasteiger partial charge in [-0.15, -0.1) is 0 Å². The van der Waals surface area contributed by atoms with Crippen LogP contribution >= 0.6 is 0 Å². The van der Waals surface area contributed by atoms with Crippen molar-refractivity contribution in [3.63, 3.8) is 0 Å². The van der Waals surface area contributed by atoms with E-state index in [2.05, 4.69) is 15.3 Å². The molecule has 0 radical (unpaired) electrons. The van der Waals surface area contributed by atoms with E-state index in [0.717, 1.165) is 0 Å². The zero-order chi connectivity index (χ0) is 16.9. The number of anilines is 2. The standard InChI is InChI=1S/C18H16N4O2.3H2/c19-17-16(18(24)21-13-7-2-1-3-8-13)22-15(10-20-17)14-9-5-4-6-12(14)11-23;;;/h1-10,23H,11H2,(H2,19,20)(H,21,24);3*1H. The molecule has 4 N–H and O–H groups in total. The SMILES string of the molecule is Nc1ncc(-c2ccccc2CO)nc1C(=O)Nc1ccccc1.[HH].[HH].[HH]. The second-order valence-corrected chi connectivity index (χ2v) is 5.12. The predicted octanol–water partition coefficient (Wildman–Crippen LogP) is 3.21. The van der Waals surface area contributed by atoms with Crippen LogP contribution in [0.25, 0.3) is 11.3 Å². The number of nitrogens with zero attached hydrogens (tertiary/aromatic N) is 2. The first-order chi connectivity index (χ1) is 11.7. The summed E-state index contributed by atoms with van der Waals surface area (Å²) in [6, 6.07) is 16.3.